The zero-order valence-corrected chi connectivity index (χ0v) is 21.9. The molecule has 5 nitrogen and oxygen atoms in total. The lowest BCUT2D eigenvalue weighted by Crippen LogP contribution is -2.54. The van der Waals surface area contributed by atoms with E-state index in [1.807, 2.05) is 66.7 Å². The van der Waals surface area contributed by atoms with Crippen LogP contribution in [-0.2, 0) is 4.79 Å². The summed E-state index contributed by atoms with van der Waals surface area (Å²) in [5, 5.41) is 12.6. The summed E-state index contributed by atoms with van der Waals surface area (Å²) in [5.74, 6) is -2.15. The third-order valence-electron chi connectivity index (χ3n) is 7.68. The first-order chi connectivity index (χ1) is 18.9. The minimum atomic E-state index is -1.48. The average molecular weight is 526 g/mol. The molecule has 198 valence electrons. The molecule has 7 heteroatoms. The molecule has 4 aromatic rings. The van der Waals surface area contributed by atoms with Crippen LogP contribution in [0.15, 0.2) is 84.9 Å². The molecule has 2 atom stereocenters. The second kappa shape index (κ2) is 10.7. The smallest absolute Gasteiger partial charge is 0.243 e. The van der Waals surface area contributed by atoms with Crippen molar-refractivity contribution in [1.29, 1.82) is 5.26 Å². The Balaban J connectivity index is 1.54. The van der Waals surface area contributed by atoms with Crippen molar-refractivity contribution in [2.75, 3.05) is 38.2 Å². The molecule has 0 N–H and O–H groups in total. The van der Waals surface area contributed by atoms with E-state index >= 15 is 0 Å². The van der Waals surface area contributed by atoms with Crippen LogP contribution < -0.4 is 9.64 Å². The molecule has 1 amide bonds. The number of para-hydroxylation sites is 1. The van der Waals surface area contributed by atoms with E-state index in [2.05, 4.69) is 6.07 Å². The molecule has 5 rings (SSSR count). The van der Waals surface area contributed by atoms with Gasteiger partial charge in [0.15, 0.2) is 11.6 Å². The fourth-order valence-electron chi connectivity index (χ4n) is 5.65. The number of ether oxygens (including phenoxy) is 1. The minimum Gasteiger partial charge on any atom is -0.496 e. The molecule has 0 radical (unpaired) electrons. The van der Waals surface area contributed by atoms with Crippen LogP contribution in [-0.4, -0.2) is 44.1 Å². The number of fused-ring (bicyclic) bond motifs is 1. The van der Waals surface area contributed by atoms with Crippen LogP contribution in [0.5, 0.6) is 5.75 Å². The number of hydrogen-bond donors (Lipinski definition) is 0. The zero-order chi connectivity index (χ0) is 27.6. The Kier molecular flexibility index (Phi) is 7.21. The lowest BCUT2D eigenvalue weighted by molar-refractivity contribution is -0.139. The lowest BCUT2D eigenvalue weighted by Gasteiger charge is -2.41. The highest BCUT2D eigenvalue weighted by molar-refractivity contribution is 5.91. The van der Waals surface area contributed by atoms with E-state index in [0.717, 1.165) is 28.0 Å². The van der Waals surface area contributed by atoms with E-state index in [0.29, 0.717) is 18.8 Å². The van der Waals surface area contributed by atoms with Crippen molar-refractivity contribution < 1.29 is 18.3 Å². The molecule has 0 unspecified atom stereocenters. The van der Waals surface area contributed by atoms with Gasteiger partial charge in [-0.2, -0.15) is 5.26 Å². The molecule has 1 aliphatic rings. The minimum absolute atomic E-state index is 0.174. The number of nitrogens with zero attached hydrogens (tertiary/aromatic N) is 3. The van der Waals surface area contributed by atoms with Crippen LogP contribution in [0.1, 0.15) is 24.0 Å². The number of hydrogen-bond acceptors (Lipinski definition) is 4. The fraction of sp³-hybridized carbons (Fsp3) is 0.250. The molecule has 39 heavy (non-hydrogen) atoms. The molecule has 1 saturated heterocycles. The second-order valence-corrected chi connectivity index (χ2v) is 9.91. The van der Waals surface area contributed by atoms with Crippen molar-refractivity contribution in [2.45, 2.75) is 12.8 Å². The van der Waals surface area contributed by atoms with Crippen LogP contribution in [0.25, 0.3) is 10.8 Å². The van der Waals surface area contributed by atoms with E-state index in [-0.39, 0.29) is 24.7 Å². The summed E-state index contributed by atoms with van der Waals surface area (Å²) in [6.07, 6.45) is 0. The van der Waals surface area contributed by atoms with Gasteiger partial charge in [-0.25, -0.2) is 8.78 Å². The summed E-state index contributed by atoms with van der Waals surface area (Å²) in [6.45, 7) is 2.88. The Morgan fingerprint density at radius 2 is 1.54 bits per heavy atom. The largest absolute Gasteiger partial charge is 0.496 e. The van der Waals surface area contributed by atoms with Gasteiger partial charge in [0.05, 0.1) is 18.9 Å². The maximum Gasteiger partial charge on any atom is 0.243 e. The SMILES string of the molecule is COc1ccccc1[C@@H](c1cccc2ccccc12)[C@](C)(C#N)C(=O)N1CCN(c2cccc(F)c2F)CC1. The van der Waals surface area contributed by atoms with Gasteiger partial charge in [0.25, 0.3) is 0 Å². The van der Waals surface area contributed by atoms with Gasteiger partial charge in [0.1, 0.15) is 11.2 Å². The number of halogens is 2. The predicted molar refractivity (Wildman–Crippen MR) is 148 cm³/mol. The normalized spacial score (nSPS) is 15.9. The summed E-state index contributed by atoms with van der Waals surface area (Å²) >= 11 is 0. The topological polar surface area (TPSA) is 56.6 Å². The molecule has 1 aliphatic heterocycles. The van der Waals surface area contributed by atoms with Crippen molar-refractivity contribution >= 4 is 22.4 Å². The summed E-state index contributed by atoms with van der Waals surface area (Å²) in [4.78, 5) is 17.6. The number of methoxy groups -OCH3 is 1. The molecule has 0 aliphatic carbocycles. The number of rotatable bonds is 6. The highest BCUT2D eigenvalue weighted by atomic mass is 19.2. The van der Waals surface area contributed by atoms with Crippen molar-refractivity contribution in [2.24, 2.45) is 5.41 Å². The Bertz CT molecular complexity index is 1550. The lowest BCUT2D eigenvalue weighted by atomic mass is 9.68. The van der Waals surface area contributed by atoms with Crippen LogP contribution in [0.3, 0.4) is 0 Å². The summed E-state index contributed by atoms with van der Waals surface area (Å²) in [6, 6.07) is 27.8. The van der Waals surface area contributed by atoms with Crippen molar-refractivity contribution in [3.05, 3.63) is 108 Å². The van der Waals surface area contributed by atoms with Gasteiger partial charge >= 0.3 is 0 Å². The van der Waals surface area contributed by atoms with Gasteiger partial charge in [-0.1, -0.05) is 66.7 Å². The fourth-order valence-corrected chi connectivity index (χ4v) is 5.65. The van der Waals surface area contributed by atoms with E-state index in [9.17, 15) is 18.8 Å². The molecular formula is C32H29F2N3O2. The first-order valence-corrected chi connectivity index (χ1v) is 12.9. The highest BCUT2D eigenvalue weighted by Gasteiger charge is 2.47. The Labute approximate surface area is 226 Å². The number of piperazine rings is 1. The van der Waals surface area contributed by atoms with Gasteiger partial charge in [-0.15, -0.1) is 0 Å². The van der Waals surface area contributed by atoms with Gasteiger partial charge in [0.2, 0.25) is 5.91 Å². The second-order valence-electron chi connectivity index (χ2n) is 9.91. The van der Waals surface area contributed by atoms with Gasteiger partial charge < -0.3 is 14.5 Å². The average Bonchev–Trinajstić information content (AvgIpc) is 2.98. The summed E-state index contributed by atoms with van der Waals surface area (Å²) in [7, 11) is 1.58. The Hall–Kier alpha value is -4.44. The predicted octanol–water partition coefficient (Wildman–Crippen LogP) is 6.14. The van der Waals surface area contributed by atoms with E-state index in [1.54, 1.807) is 23.8 Å². The number of amides is 1. The Morgan fingerprint density at radius 1 is 0.897 bits per heavy atom. The molecule has 0 bridgehead atoms. The maximum absolute atomic E-state index is 14.4. The van der Waals surface area contributed by atoms with Crippen LogP contribution in [0.2, 0.25) is 0 Å². The molecule has 4 aromatic carbocycles. The van der Waals surface area contributed by atoms with Gasteiger partial charge in [0, 0.05) is 37.7 Å². The number of carbonyl (C=O) groups excluding carboxylic acids is 1. The zero-order valence-electron chi connectivity index (χ0n) is 21.9. The van der Waals surface area contributed by atoms with Crippen LogP contribution in [0, 0.1) is 28.4 Å². The van der Waals surface area contributed by atoms with Crippen LogP contribution in [0.4, 0.5) is 14.5 Å². The standard InChI is InChI=1S/C32H29F2N3O2/c1-32(21-35,31(38)37-19-17-36(18-20-37)27-15-8-14-26(33)30(27)34)29(25-12-5-6-16-28(25)39-2)24-13-7-10-22-9-3-4-11-23(22)24/h3-16,29H,17-20H2,1-2H3/t29-,32+/m1/s1. The van der Waals surface area contributed by atoms with E-state index in [1.165, 1.54) is 12.1 Å². The number of benzene rings is 4. The molecule has 0 saturated carbocycles. The monoisotopic (exact) mass is 525 g/mol. The van der Waals surface area contributed by atoms with E-state index in [4.69, 9.17) is 4.74 Å². The summed E-state index contributed by atoms with van der Waals surface area (Å²) in [5.41, 5.74) is 0.294. The molecule has 0 aromatic heterocycles. The first-order valence-electron chi connectivity index (χ1n) is 12.9. The number of anilines is 1. The van der Waals surface area contributed by atoms with Crippen molar-refractivity contribution in [1.82, 2.24) is 4.90 Å². The number of nitriles is 1. The van der Waals surface area contributed by atoms with Gasteiger partial charge in [-0.05, 0) is 41.5 Å². The summed E-state index contributed by atoms with van der Waals surface area (Å²) < 4.78 is 33.9. The van der Waals surface area contributed by atoms with Crippen LogP contribution >= 0.6 is 0 Å². The molecule has 1 fully saturated rings. The Morgan fingerprint density at radius 3 is 2.28 bits per heavy atom. The molecule has 0 spiro atoms. The van der Waals surface area contributed by atoms with E-state index < -0.39 is 23.0 Å². The van der Waals surface area contributed by atoms with Gasteiger partial charge in [-0.3, -0.25) is 4.79 Å². The highest BCUT2D eigenvalue weighted by Crippen LogP contribution is 2.47. The molecular weight excluding hydrogens is 496 g/mol. The molecule has 1 heterocycles. The van der Waals surface area contributed by atoms with Crippen molar-refractivity contribution in [3.63, 3.8) is 0 Å². The maximum atomic E-state index is 14.4. The van der Waals surface area contributed by atoms with Crippen molar-refractivity contribution in [3.8, 4) is 11.8 Å². The third kappa shape index (κ3) is 4.67. The third-order valence-corrected chi connectivity index (χ3v) is 7.68. The first kappa shape index (κ1) is 26.2. The quantitative estimate of drug-likeness (QED) is 0.304. The number of carbonyl (C=O) groups is 1.